The molecular formula is C19H25N7O2. The maximum atomic E-state index is 12.4. The van der Waals surface area contributed by atoms with Crippen molar-refractivity contribution >= 4 is 17.2 Å². The molecule has 28 heavy (non-hydrogen) atoms. The Bertz CT molecular complexity index is 884. The molecule has 2 aliphatic heterocycles. The molecular weight excluding hydrogens is 358 g/mol. The Labute approximate surface area is 163 Å². The third kappa shape index (κ3) is 3.70. The van der Waals surface area contributed by atoms with E-state index in [1.165, 1.54) is 0 Å². The molecule has 0 amide bonds. The highest BCUT2D eigenvalue weighted by atomic mass is 16.5. The lowest BCUT2D eigenvalue weighted by molar-refractivity contribution is 0.0333. The number of carbonyl (C=O) groups is 1. The van der Waals surface area contributed by atoms with Crippen molar-refractivity contribution in [3.8, 4) is 0 Å². The van der Waals surface area contributed by atoms with Crippen LogP contribution >= 0.6 is 0 Å². The maximum Gasteiger partial charge on any atom is 0.180 e. The molecule has 0 spiro atoms. The number of amidine groups is 1. The Morgan fingerprint density at radius 2 is 2.25 bits per heavy atom. The number of carbonyl (C=O) groups excluding carboxylic acids is 1. The number of ketones is 1. The third-order valence-corrected chi connectivity index (χ3v) is 5.23. The number of hydrogen-bond donors (Lipinski definition) is 2. The van der Waals surface area contributed by atoms with Crippen molar-refractivity contribution < 1.29 is 9.53 Å². The molecule has 2 atom stereocenters. The summed E-state index contributed by atoms with van der Waals surface area (Å²) in [5.74, 6) is 0.934. The van der Waals surface area contributed by atoms with E-state index in [0.29, 0.717) is 31.7 Å². The van der Waals surface area contributed by atoms with Crippen molar-refractivity contribution in [2.24, 2.45) is 12.1 Å². The summed E-state index contributed by atoms with van der Waals surface area (Å²) >= 11 is 0. The molecule has 0 bridgehead atoms. The minimum absolute atomic E-state index is 0.0419. The standard InChI is InChI=1S/C19H25N7O2/c1-13-12-28-10-9-26(13)19-11-14(17-6-8-21-25(17)2)15(23-24-19)3-4-18(27)16-5-7-20-22-16/h5-8,11,13,15,23H,3-4,9-10,12H2,1-2H3,(H,20,22)/t13-,15?/m1/s1. The minimum Gasteiger partial charge on any atom is -0.377 e. The number of aromatic nitrogens is 4. The SMILES string of the molecule is C[C@@H]1COCCN1C1=NNC(CCC(=O)c2ccn[nH]2)C(c2ccnn2C)=C1. The second-order valence-electron chi connectivity index (χ2n) is 7.14. The third-order valence-electron chi connectivity index (χ3n) is 5.23. The largest absolute Gasteiger partial charge is 0.377 e. The van der Waals surface area contributed by atoms with E-state index in [-0.39, 0.29) is 17.9 Å². The fourth-order valence-electron chi connectivity index (χ4n) is 3.65. The van der Waals surface area contributed by atoms with Gasteiger partial charge in [-0.05, 0) is 31.6 Å². The predicted octanol–water partition coefficient (Wildman–Crippen LogP) is 1.20. The van der Waals surface area contributed by atoms with Gasteiger partial charge in [0.15, 0.2) is 5.78 Å². The molecule has 9 nitrogen and oxygen atoms in total. The van der Waals surface area contributed by atoms with Gasteiger partial charge < -0.3 is 15.1 Å². The van der Waals surface area contributed by atoms with Crippen LogP contribution in [-0.2, 0) is 11.8 Å². The Morgan fingerprint density at radius 1 is 1.36 bits per heavy atom. The van der Waals surface area contributed by atoms with Gasteiger partial charge >= 0.3 is 0 Å². The zero-order valence-corrected chi connectivity index (χ0v) is 16.1. The first-order valence-electron chi connectivity index (χ1n) is 9.53. The normalized spacial score (nSPS) is 22.4. The molecule has 0 aliphatic carbocycles. The number of H-pyrrole nitrogens is 1. The topological polar surface area (TPSA) is 100 Å². The Hall–Kier alpha value is -2.94. The fourth-order valence-corrected chi connectivity index (χ4v) is 3.65. The lowest BCUT2D eigenvalue weighted by Crippen LogP contribution is -2.48. The Kier molecular flexibility index (Phi) is 5.25. The first-order chi connectivity index (χ1) is 13.6. The molecule has 2 N–H and O–H groups in total. The summed E-state index contributed by atoms with van der Waals surface area (Å²) in [5, 5.41) is 15.5. The molecule has 1 unspecified atom stereocenters. The number of ether oxygens (including phenoxy) is 1. The van der Waals surface area contributed by atoms with E-state index >= 15 is 0 Å². The number of rotatable bonds is 5. The molecule has 1 fully saturated rings. The number of Topliss-reactive ketones (excluding diaryl/α,β-unsaturated/α-hetero) is 1. The molecule has 0 saturated carbocycles. The molecule has 0 radical (unpaired) electrons. The van der Waals surface area contributed by atoms with Crippen molar-refractivity contribution in [3.05, 3.63) is 42.0 Å². The lowest BCUT2D eigenvalue weighted by Gasteiger charge is -2.37. The predicted molar refractivity (Wildman–Crippen MR) is 105 cm³/mol. The van der Waals surface area contributed by atoms with Crippen LogP contribution in [0.3, 0.4) is 0 Å². The Morgan fingerprint density at radius 3 is 2.96 bits per heavy atom. The van der Waals surface area contributed by atoms with E-state index in [4.69, 9.17) is 4.74 Å². The molecule has 1 saturated heterocycles. The van der Waals surface area contributed by atoms with E-state index in [1.54, 1.807) is 18.5 Å². The van der Waals surface area contributed by atoms with Crippen LogP contribution in [0.25, 0.3) is 5.57 Å². The molecule has 2 aromatic rings. The number of nitrogens with one attached hydrogen (secondary N) is 2. The Balaban J connectivity index is 1.55. The van der Waals surface area contributed by atoms with Crippen LogP contribution < -0.4 is 5.43 Å². The zero-order chi connectivity index (χ0) is 19.5. The highest BCUT2D eigenvalue weighted by Gasteiger charge is 2.28. The monoisotopic (exact) mass is 383 g/mol. The zero-order valence-electron chi connectivity index (χ0n) is 16.1. The summed E-state index contributed by atoms with van der Waals surface area (Å²) in [6, 6.07) is 3.88. The van der Waals surface area contributed by atoms with Gasteiger partial charge in [-0.1, -0.05) is 0 Å². The molecule has 2 aromatic heterocycles. The van der Waals surface area contributed by atoms with Crippen molar-refractivity contribution in [1.29, 1.82) is 0 Å². The highest BCUT2D eigenvalue weighted by molar-refractivity contribution is 6.01. The van der Waals surface area contributed by atoms with Crippen molar-refractivity contribution in [3.63, 3.8) is 0 Å². The number of morpholine rings is 1. The fraction of sp³-hybridized carbons (Fsp3) is 0.474. The van der Waals surface area contributed by atoms with Gasteiger partial charge in [0.25, 0.3) is 0 Å². The van der Waals surface area contributed by atoms with Gasteiger partial charge in [-0.15, -0.1) is 0 Å². The summed E-state index contributed by atoms with van der Waals surface area (Å²) in [4.78, 5) is 14.6. The molecule has 148 valence electrons. The van der Waals surface area contributed by atoms with Gasteiger partial charge in [-0.2, -0.15) is 15.3 Å². The molecule has 4 heterocycles. The number of aromatic amines is 1. The molecule has 2 aliphatic rings. The van der Waals surface area contributed by atoms with Crippen LogP contribution in [0.15, 0.2) is 35.7 Å². The average molecular weight is 383 g/mol. The summed E-state index contributed by atoms with van der Waals surface area (Å²) in [7, 11) is 1.92. The second kappa shape index (κ2) is 7.97. The molecule has 9 heteroatoms. The smallest absolute Gasteiger partial charge is 0.180 e. The summed E-state index contributed by atoms with van der Waals surface area (Å²) < 4.78 is 7.40. The summed E-state index contributed by atoms with van der Waals surface area (Å²) in [6.07, 6.45) is 6.51. The van der Waals surface area contributed by atoms with Crippen LogP contribution in [0.2, 0.25) is 0 Å². The van der Waals surface area contributed by atoms with Gasteiger partial charge in [0.2, 0.25) is 0 Å². The van der Waals surface area contributed by atoms with E-state index < -0.39 is 0 Å². The van der Waals surface area contributed by atoms with E-state index in [1.807, 2.05) is 17.8 Å². The molecule has 0 aromatic carbocycles. The van der Waals surface area contributed by atoms with Gasteiger partial charge in [0.1, 0.15) is 11.5 Å². The van der Waals surface area contributed by atoms with E-state index in [0.717, 1.165) is 23.6 Å². The van der Waals surface area contributed by atoms with Crippen molar-refractivity contribution in [2.75, 3.05) is 19.8 Å². The number of hydrazone groups is 1. The van der Waals surface area contributed by atoms with Gasteiger partial charge in [0.05, 0.1) is 31.0 Å². The minimum atomic E-state index is -0.0673. The van der Waals surface area contributed by atoms with E-state index in [2.05, 4.69) is 43.7 Å². The van der Waals surface area contributed by atoms with Crippen LogP contribution in [-0.4, -0.2) is 68.3 Å². The first kappa shape index (κ1) is 18.4. The van der Waals surface area contributed by atoms with Crippen LogP contribution in [0, 0.1) is 0 Å². The van der Waals surface area contributed by atoms with Crippen molar-refractivity contribution in [2.45, 2.75) is 31.8 Å². The van der Waals surface area contributed by atoms with Crippen LogP contribution in [0.4, 0.5) is 0 Å². The van der Waals surface area contributed by atoms with Crippen LogP contribution in [0.5, 0.6) is 0 Å². The maximum absolute atomic E-state index is 12.4. The van der Waals surface area contributed by atoms with Gasteiger partial charge in [-0.25, -0.2) is 0 Å². The van der Waals surface area contributed by atoms with Crippen molar-refractivity contribution in [1.82, 2.24) is 30.3 Å². The van der Waals surface area contributed by atoms with Gasteiger partial charge in [-0.3, -0.25) is 14.6 Å². The number of hydrogen-bond acceptors (Lipinski definition) is 7. The van der Waals surface area contributed by atoms with Gasteiger partial charge in [0, 0.05) is 38.0 Å². The molecule has 4 rings (SSSR count). The quantitative estimate of drug-likeness (QED) is 0.753. The summed E-state index contributed by atoms with van der Waals surface area (Å²) in [6.45, 7) is 4.32. The van der Waals surface area contributed by atoms with E-state index in [9.17, 15) is 4.79 Å². The first-order valence-corrected chi connectivity index (χ1v) is 9.53. The second-order valence-corrected chi connectivity index (χ2v) is 7.14. The number of aryl methyl sites for hydroxylation is 1. The average Bonchev–Trinajstić information content (AvgIpc) is 3.38. The summed E-state index contributed by atoms with van der Waals surface area (Å²) in [5.41, 5.74) is 5.90. The number of nitrogens with zero attached hydrogens (tertiary/aromatic N) is 5. The lowest BCUT2D eigenvalue weighted by atomic mass is 9.96. The van der Waals surface area contributed by atoms with Crippen LogP contribution in [0.1, 0.15) is 35.9 Å². The highest BCUT2D eigenvalue weighted by Crippen LogP contribution is 2.25.